The normalized spacial score (nSPS) is 15.7. The molecule has 1 heterocycles. The summed E-state index contributed by atoms with van der Waals surface area (Å²) in [5, 5.41) is 0. The SMILES string of the molecule is Cc1ccc(S(=O)(=O)N2CCN(C(=O)COC(=O)CCC(C)C)CC2)c(C)c1. The Balaban J connectivity index is 1.88. The minimum absolute atomic E-state index is 0.225. The number of rotatable bonds is 7. The van der Waals surface area contributed by atoms with Gasteiger partial charge in [-0.3, -0.25) is 9.59 Å². The van der Waals surface area contributed by atoms with Gasteiger partial charge in [0.1, 0.15) is 0 Å². The van der Waals surface area contributed by atoms with E-state index in [9.17, 15) is 18.0 Å². The van der Waals surface area contributed by atoms with Crippen molar-refractivity contribution in [2.24, 2.45) is 5.92 Å². The molecule has 1 aromatic rings. The summed E-state index contributed by atoms with van der Waals surface area (Å²) >= 11 is 0. The molecule has 0 spiro atoms. The van der Waals surface area contributed by atoms with Crippen LogP contribution < -0.4 is 0 Å². The van der Waals surface area contributed by atoms with Crippen molar-refractivity contribution >= 4 is 21.9 Å². The van der Waals surface area contributed by atoms with Crippen molar-refractivity contribution in [2.45, 2.75) is 45.4 Å². The summed E-state index contributed by atoms with van der Waals surface area (Å²) in [5.74, 6) is -0.269. The maximum absolute atomic E-state index is 12.9. The molecule has 0 bridgehead atoms. The van der Waals surface area contributed by atoms with E-state index in [-0.39, 0.29) is 44.7 Å². The van der Waals surface area contributed by atoms with E-state index in [1.807, 2.05) is 26.8 Å². The minimum Gasteiger partial charge on any atom is -0.456 e. The lowest BCUT2D eigenvalue weighted by Gasteiger charge is -2.34. The van der Waals surface area contributed by atoms with Gasteiger partial charge in [-0.2, -0.15) is 4.31 Å². The molecule has 0 atom stereocenters. The zero-order valence-corrected chi connectivity index (χ0v) is 17.9. The van der Waals surface area contributed by atoms with E-state index in [2.05, 4.69) is 0 Å². The highest BCUT2D eigenvalue weighted by Crippen LogP contribution is 2.22. The van der Waals surface area contributed by atoms with Crippen molar-refractivity contribution in [3.05, 3.63) is 29.3 Å². The Labute approximate surface area is 167 Å². The first-order valence-electron chi connectivity index (χ1n) is 9.62. The van der Waals surface area contributed by atoms with Gasteiger partial charge < -0.3 is 9.64 Å². The zero-order valence-electron chi connectivity index (χ0n) is 17.1. The Hall–Kier alpha value is -1.93. The van der Waals surface area contributed by atoms with Crippen molar-refractivity contribution in [3.8, 4) is 0 Å². The van der Waals surface area contributed by atoms with Crippen LogP contribution in [0.3, 0.4) is 0 Å². The standard InChI is InChI=1S/C20H30N2O5S/c1-15(2)5-8-20(24)27-14-19(23)21-9-11-22(12-10-21)28(25,26)18-7-6-16(3)13-17(18)4/h6-7,13,15H,5,8-12,14H2,1-4H3. The molecule has 156 valence electrons. The molecule has 0 saturated carbocycles. The number of sulfonamides is 1. The largest absolute Gasteiger partial charge is 0.456 e. The molecular formula is C20H30N2O5S. The van der Waals surface area contributed by atoms with E-state index in [1.165, 1.54) is 4.31 Å². The van der Waals surface area contributed by atoms with Crippen LogP contribution in [0.25, 0.3) is 0 Å². The molecule has 0 aromatic heterocycles. The number of amides is 1. The number of ether oxygens (including phenoxy) is 1. The summed E-state index contributed by atoms with van der Waals surface area (Å²) in [6, 6.07) is 5.27. The van der Waals surface area contributed by atoms with Crippen molar-refractivity contribution < 1.29 is 22.7 Å². The Morgan fingerprint density at radius 2 is 1.75 bits per heavy atom. The molecule has 1 saturated heterocycles. The average molecular weight is 411 g/mol. The number of piperazine rings is 1. The van der Waals surface area contributed by atoms with E-state index in [4.69, 9.17) is 4.74 Å². The van der Waals surface area contributed by atoms with Crippen LogP contribution >= 0.6 is 0 Å². The topological polar surface area (TPSA) is 84.0 Å². The molecule has 0 aliphatic carbocycles. The van der Waals surface area contributed by atoms with Gasteiger partial charge in [-0.25, -0.2) is 8.42 Å². The predicted molar refractivity (Wildman–Crippen MR) is 106 cm³/mol. The summed E-state index contributed by atoms with van der Waals surface area (Å²) in [5.41, 5.74) is 1.72. The summed E-state index contributed by atoms with van der Waals surface area (Å²) in [6.45, 7) is 8.47. The molecule has 1 aliphatic heterocycles. The van der Waals surface area contributed by atoms with Crippen molar-refractivity contribution in [3.63, 3.8) is 0 Å². The lowest BCUT2D eigenvalue weighted by molar-refractivity contribution is -0.152. The molecule has 0 N–H and O–H groups in total. The summed E-state index contributed by atoms with van der Waals surface area (Å²) in [4.78, 5) is 25.7. The summed E-state index contributed by atoms with van der Waals surface area (Å²) in [6.07, 6.45) is 1.02. The molecular weight excluding hydrogens is 380 g/mol. The number of aryl methyl sites for hydroxylation is 2. The van der Waals surface area contributed by atoms with Gasteiger partial charge in [0, 0.05) is 32.6 Å². The van der Waals surface area contributed by atoms with Crippen LogP contribution in [0.5, 0.6) is 0 Å². The smallest absolute Gasteiger partial charge is 0.306 e. The molecule has 1 amide bonds. The maximum atomic E-state index is 12.9. The van der Waals surface area contributed by atoms with Crippen molar-refractivity contribution in [1.29, 1.82) is 0 Å². The van der Waals surface area contributed by atoms with Gasteiger partial charge >= 0.3 is 5.97 Å². The number of hydrogen-bond acceptors (Lipinski definition) is 5. The Bertz CT molecular complexity index is 812. The molecule has 8 heteroatoms. The van der Waals surface area contributed by atoms with Crippen LogP contribution in [0.2, 0.25) is 0 Å². The quantitative estimate of drug-likeness (QED) is 0.643. The van der Waals surface area contributed by atoms with Crippen LogP contribution in [0.4, 0.5) is 0 Å². The highest BCUT2D eigenvalue weighted by atomic mass is 32.2. The van der Waals surface area contributed by atoms with Gasteiger partial charge in [0.15, 0.2) is 6.61 Å². The van der Waals surface area contributed by atoms with Crippen LogP contribution in [0.15, 0.2) is 23.1 Å². The Morgan fingerprint density at radius 1 is 1.11 bits per heavy atom. The fourth-order valence-electron chi connectivity index (χ4n) is 3.12. The van der Waals surface area contributed by atoms with Gasteiger partial charge in [-0.05, 0) is 37.8 Å². The Morgan fingerprint density at radius 3 is 2.32 bits per heavy atom. The van der Waals surface area contributed by atoms with Gasteiger partial charge in [0.25, 0.3) is 5.91 Å². The van der Waals surface area contributed by atoms with Crippen LogP contribution in [0, 0.1) is 19.8 Å². The van der Waals surface area contributed by atoms with Crippen LogP contribution in [-0.4, -0.2) is 62.3 Å². The van der Waals surface area contributed by atoms with Crippen LogP contribution in [-0.2, 0) is 24.3 Å². The number of benzene rings is 1. The second kappa shape index (κ2) is 9.52. The van der Waals surface area contributed by atoms with E-state index in [0.29, 0.717) is 22.8 Å². The number of carbonyl (C=O) groups is 2. The first-order chi connectivity index (χ1) is 13.1. The molecule has 0 radical (unpaired) electrons. The molecule has 2 rings (SSSR count). The molecule has 0 unspecified atom stereocenters. The molecule has 28 heavy (non-hydrogen) atoms. The fraction of sp³-hybridized carbons (Fsp3) is 0.600. The first-order valence-corrected chi connectivity index (χ1v) is 11.1. The number of carbonyl (C=O) groups excluding carboxylic acids is 2. The second-order valence-corrected chi connectivity index (χ2v) is 9.55. The number of hydrogen-bond donors (Lipinski definition) is 0. The highest BCUT2D eigenvalue weighted by Gasteiger charge is 2.31. The monoisotopic (exact) mass is 410 g/mol. The van der Waals surface area contributed by atoms with E-state index in [1.54, 1.807) is 24.0 Å². The molecule has 1 fully saturated rings. The van der Waals surface area contributed by atoms with E-state index in [0.717, 1.165) is 12.0 Å². The fourth-order valence-corrected chi connectivity index (χ4v) is 4.75. The third-order valence-corrected chi connectivity index (χ3v) is 6.88. The maximum Gasteiger partial charge on any atom is 0.306 e. The number of nitrogens with zero attached hydrogens (tertiary/aromatic N) is 2. The third kappa shape index (κ3) is 5.78. The predicted octanol–water partition coefficient (Wildman–Crippen LogP) is 2.12. The highest BCUT2D eigenvalue weighted by molar-refractivity contribution is 7.89. The van der Waals surface area contributed by atoms with E-state index < -0.39 is 10.0 Å². The average Bonchev–Trinajstić information content (AvgIpc) is 2.64. The third-order valence-electron chi connectivity index (χ3n) is 4.82. The van der Waals surface area contributed by atoms with Crippen LogP contribution in [0.1, 0.15) is 37.8 Å². The van der Waals surface area contributed by atoms with Gasteiger partial charge in [0.05, 0.1) is 4.90 Å². The van der Waals surface area contributed by atoms with Gasteiger partial charge in [-0.15, -0.1) is 0 Å². The molecule has 1 aromatic carbocycles. The zero-order chi connectivity index (χ0) is 20.9. The minimum atomic E-state index is -3.59. The lowest BCUT2D eigenvalue weighted by atomic mass is 10.1. The molecule has 1 aliphatic rings. The van der Waals surface area contributed by atoms with Gasteiger partial charge in [0.2, 0.25) is 10.0 Å². The lowest BCUT2D eigenvalue weighted by Crippen LogP contribution is -2.51. The van der Waals surface area contributed by atoms with Crippen molar-refractivity contribution in [1.82, 2.24) is 9.21 Å². The number of esters is 1. The molecule has 7 nitrogen and oxygen atoms in total. The van der Waals surface area contributed by atoms with E-state index >= 15 is 0 Å². The Kier molecular flexibility index (Phi) is 7.60. The second-order valence-electron chi connectivity index (χ2n) is 7.65. The first kappa shape index (κ1) is 22.4. The van der Waals surface area contributed by atoms with Crippen molar-refractivity contribution in [2.75, 3.05) is 32.8 Å². The summed E-state index contributed by atoms with van der Waals surface area (Å²) in [7, 11) is -3.59. The summed E-state index contributed by atoms with van der Waals surface area (Å²) < 4.78 is 32.2. The van der Waals surface area contributed by atoms with Gasteiger partial charge in [-0.1, -0.05) is 31.5 Å².